The summed E-state index contributed by atoms with van der Waals surface area (Å²) >= 11 is 5.31. The molecule has 0 heterocycles. The van der Waals surface area contributed by atoms with Crippen LogP contribution in [0.2, 0.25) is 0 Å². The first-order valence-electron chi connectivity index (χ1n) is 6.17. The third-order valence-corrected chi connectivity index (χ3v) is 2.96. The lowest BCUT2D eigenvalue weighted by Crippen LogP contribution is -2.35. The largest absolute Gasteiger partial charge is 0.360 e. The molecule has 0 unspecified atom stereocenters. The maximum Gasteiger partial charge on any atom is 0.170 e. The molecule has 0 aliphatic heterocycles. The van der Waals surface area contributed by atoms with E-state index in [0.717, 1.165) is 12.1 Å². The molecule has 2 N–H and O–H groups in total. The zero-order valence-electron chi connectivity index (χ0n) is 11.1. The van der Waals surface area contributed by atoms with E-state index in [2.05, 4.69) is 56.5 Å². The predicted molar refractivity (Wildman–Crippen MR) is 79.6 cm³/mol. The van der Waals surface area contributed by atoms with Gasteiger partial charge in [0.2, 0.25) is 0 Å². The van der Waals surface area contributed by atoms with E-state index in [4.69, 9.17) is 12.2 Å². The second-order valence-electron chi connectivity index (χ2n) is 4.61. The highest BCUT2D eigenvalue weighted by Gasteiger charge is 2.04. The lowest BCUT2D eigenvalue weighted by molar-refractivity contribution is 0.599. The monoisotopic (exact) mass is 250 g/mol. The minimum Gasteiger partial charge on any atom is -0.360 e. The summed E-state index contributed by atoms with van der Waals surface area (Å²) in [6.45, 7) is 8.50. The van der Waals surface area contributed by atoms with Crippen LogP contribution in [0.3, 0.4) is 0 Å². The molecule has 0 aromatic heterocycles. The molecule has 1 atom stereocenters. The fourth-order valence-electron chi connectivity index (χ4n) is 1.76. The number of hydrogen-bond acceptors (Lipinski definition) is 1. The van der Waals surface area contributed by atoms with Crippen LogP contribution in [0.4, 0.5) is 5.69 Å². The number of hydrogen-bond donors (Lipinski definition) is 2. The quantitative estimate of drug-likeness (QED) is 0.795. The second-order valence-corrected chi connectivity index (χ2v) is 5.01. The smallest absolute Gasteiger partial charge is 0.170 e. The minimum absolute atomic E-state index is 0.421. The van der Waals surface area contributed by atoms with Gasteiger partial charge in [-0.1, -0.05) is 25.5 Å². The summed E-state index contributed by atoms with van der Waals surface area (Å²) in [6.07, 6.45) is 2.30. The zero-order valence-corrected chi connectivity index (χ0v) is 11.9. The SMILES string of the molecule is CCC[C@@H](C)NC(=S)Nc1cc(C)ccc1C. The molecule has 0 bridgehead atoms. The van der Waals surface area contributed by atoms with Gasteiger partial charge in [-0.25, -0.2) is 0 Å². The van der Waals surface area contributed by atoms with Crippen LogP contribution in [-0.4, -0.2) is 11.2 Å². The van der Waals surface area contributed by atoms with E-state index in [1.807, 2.05) is 0 Å². The Morgan fingerprint density at radius 3 is 2.71 bits per heavy atom. The van der Waals surface area contributed by atoms with Crippen LogP contribution >= 0.6 is 12.2 Å². The number of rotatable bonds is 4. The van der Waals surface area contributed by atoms with Crippen molar-refractivity contribution in [2.24, 2.45) is 0 Å². The molecule has 94 valence electrons. The molecule has 2 nitrogen and oxygen atoms in total. The van der Waals surface area contributed by atoms with Crippen LogP contribution in [0.15, 0.2) is 18.2 Å². The Kier molecular flexibility index (Phi) is 5.42. The van der Waals surface area contributed by atoms with Crippen molar-refractivity contribution in [3.05, 3.63) is 29.3 Å². The van der Waals surface area contributed by atoms with Crippen molar-refractivity contribution in [2.45, 2.75) is 46.6 Å². The first kappa shape index (κ1) is 14.0. The van der Waals surface area contributed by atoms with Crippen LogP contribution in [-0.2, 0) is 0 Å². The van der Waals surface area contributed by atoms with E-state index in [1.165, 1.54) is 17.5 Å². The molecule has 0 amide bonds. The lowest BCUT2D eigenvalue weighted by Gasteiger charge is -2.17. The normalized spacial score (nSPS) is 12.0. The summed E-state index contributed by atoms with van der Waals surface area (Å²) in [6, 6.07) is 6.75. The summed E-state index contributed by atoms with van der Waals surface area (Å²) in [5, 5.41) is 7.26. The number of nitrogens with one attached hydrogen (secondary N) is 2. The molecule has 0 spiro atoms. The average molecular weight is 250 g/mol. The van der Waals surface area contributed by atoms with Crippen LogP contribution in [0, 0.1) is 13.8 Å². The molecule has 0 saturated heterocycles. The Hall–Kier alpha value is -1.09. The van der Waals surface area contributed by atoms with Crippen LogP contribution in [0.5, 0.6) is 0 Å². The van der Waals surface area contributed by atoms with E-state index in [-0.39, 0.29) is 0 Å². The van der Waals surface area contributed by atoms with E-state index in [9.17, 15) is 0 Å². The third-order valence-electron chi connectivity index (χ3n) is 2.74. The molecule has 0 aliphatic rings. The number of benzene rings is 1. The molecule has 0 fully saturated rings. The molecule has 1 rings (SSSR count). The van der Waals surface area contributed by atoms with Crippen LogP contribution < -0.4 is 10.6 Å². The predicted octanol–water partition coefficient (Wildman–Crippen LogP) is 3.78. The van der Waals surface area contributed by atoms with E-state index >= 15 is 0 Å². The molecule has 1 aromatic carbocycles. The van der Waals surface area contributed by atoms with E-state index in [0.29, 0.717) is 11.2 Å². The maximum atomic E-state index is 5.31. The Morgan fingerprint density at radius 2 is 2.06 bits per heavy atom. The van der Waals surface area contributed by atoms with Crippen molar-refractivity contribution in [3.63, 3.8) is 0 Å². The van der Waals surface area contributed by atoms with Gasteiger partial charge in [0.1, 0.15) is 0 Å². The highest BCUT2D eigenvalue weighted by Crippen LogP contribution is 2.16. The van der Waals surface area contributed by atoms with Crippen molar-refractivity contribution in [1.29, 1.82) is 0 Å². The Balaban J connectivity index is 2.58. The lowest BCUT2D eigenvalue weighted by atomic mass is 10.1. The van der Waals surface area contributed by atoms with Gasteiger partial charge < -0.3 is 10.6 Å². The van der Waals surface area contributed by atoms with Gasteiger partial charge in [-0.3, -0.25) is 0 Å². The van der Waals surface area contributed by atoms with Crippen molar-refractivity contribution in [1.82, 2.24) is 5.32 Å². The number of thiocarbonyl (C=S) groups is 1. The summed E-state index contributed by atoms with van der Waals surface area (Å²) in [5.41, 5.74) is 3.54. The summed E-state index contributed by atoms with van der Waals surface area (Å²) < 4.78 is 0. The minimum atomic E-state index is 0.421. The second kappa shape index (κ2) is 6.60. The van der Waals surface area contributed by atoms with Crippen molar-refractivity contribution in [2.75, 3.05) is 5.32 Å². The fourth-order valence-corrected chi connectivity index (χ4v) is 2.07. The van der Waals surface area contributed by atoms with E-state index in [1.54, 1.807) is 0 Å². The van der Waals surface area contributed by atoms with Gasteiger partial charge in [0.05, 0.1) is 0 Å². The Morgan fingerprint density at radius 1 is 1.35 bits per heavy atom. The molecule has 0 saturated carbocycles. The maximum absolute atomic E-state index is 5.31. The Labute approximate surface area is 110 Å². The molecule has 0 aliphatic carbocycles. The van der Waals surface area contributed by atoms with Crippen molar-refractivity contribution < 1.29 is 0 Å². The van der Waals surface area contributed by atoms with Crippen LogP contribution in [0.25, 0.3) is 0 Å². The zero-order chi connectivity index (χ0) is 12.8. The van der Waals surface area contributed by atoms with Gasteiger partial charge >= 0.3 is 0 Å². The van der Waals surface area contributed by atoms with Gasteiger partial charge in [0.15, 0.2) is 5.11 Å². The fraction of sp³-hybridized carbons (Fsp3) is 0.500. The molecule has 1 aromatic rings. The highest BCUT2D eigenvalue weighted by atomic mass is 32.1. The molecule has 3 heteroatoms. The van der Waals surface area contributed by atoms with Gasteiger partial charge in [-0.15, -0.1) is 0 Å². The van der Waals surface area contributed by atoms with E-state index < -0.39 is 0 Å². The van der Waals surface area contributed by atoms with Gasteiger partial charge in [0.25, 0.3) is 0 Å². The topological polar surface area (TPSA) is 24.1 Å². The van der Waals surface area contributed by atoms with Gasteiger partial charge in [-0.2, -0.15) is 0 Å². The standard InChI is InChI=1S/C14H22N2S/c1-5-6-12(4)15-14(17)16-13-9-10(2)7-8-11(13)3/h7-9,12H,5-6H2,1-4H3,(H2,15,16,17)/t12-/m1/s1. The molecule has 0 radical (unpaired) electrons. The number of aryl methyl sites for hydroxylation is 2. The van der Waals surface area contributed by atoms with Crippen LogP contribution in [0.1, 0.15) is 37.8 Å². The third kappa shape index (κ3) is 4.73. The van der Waals surface area contributed by atoms with Gasteiger partial charge in [0, 0.05) is 11.7 Å². The van der Waals surface area contributed by atoms with Crippen molar-refractivity contribution in [3.8, 4) is 0 Å². The molecule has 17 heavy (non-hydrogen) atoms. The molecular formula is C14H22N2S. The van der Waals surface area contributed by atoms with Crippen molar-refractivity contribution >= 4 is 23.0 Å². The average Bonchev–Trinajstić information content (AvgIpc) is 2.23. The first-order valence-corrected chi connectivity index (χ1v) is 6.58. The summed E-state index contributed by atoms with van der Waals surface area (Å²) in [4.78, 5) is 0. The summed E-state index contributed by atoms with van der Waals surface area (Å²) in [5.74, 6) is 0. The number of anilines is 1. The summed E-state index contributed by atoms with van der Waals surface area (Å²) in [7, 11) is 0. The first-order chi connectivity index (χ1) is 8.02. The van der Waals surface area contributed by atoms with Gasteiger partial charge in [-0.05, 0) is 56.6 Å². The Bertz CT molecular complexity index is 388. The molecular weight excluding hydrogens is 228 g/mol. The highest BCUT2D eigenvalue weighted by molar-refractivity contribution is 7.80.